The highest BCUT2D eigenvalue weighted by Gasteiger charge is 2.16. The highest BCUT2D eigenvalue weighted by molar-refractivity contribution is 5.33. The number of aliphatic hydroxyl groups is 1. The van der Waals surface area contributed by atoms with Crippen LogP contribution in [0.5, 0.6) is 5.75 Å². The largest absolute Gasteiger partial charge is 0.493 e. The first-order valence-corrected chi connectivity index (χ1v) is 6.11. The fraction of sp³-hybridized carbons (Fsp3) is 0.500. The number of hydrogen-bond acceptors (Lipinski definition) is 4. The van der Waals surface area contributed by atoms with Gasteiger partial charge in [-0.2, -0.15) is 5.26 Å². The van der Waals surface area contributed by atoms with E-state index >= 15 is 0 Å². The van der Waals surface area contributed by atoms with Crippen molar-refractivity contribution in [3.63, 3.8) is 0 Å². The van der Waals surface area contributed by atoms with Gasteiger partial charge in [0.2, 0.25) is 0 Å². The second kappa shape index (κ2) is 7.00. The van der Waals surface area contributed by atoms with Crippen molar-refractivity contribution in [1.29, 1.82) is 5.26 Å². The molecule has 4 nitrogen and oxygen atoms in total. The zero-order valence-electron chi connectivity index (χ0n) is 10.7. The molecule has 1 aromatic rings. The molecule has 1 atom stereocenters. The molecular formula is C14H20N2O2. The molecule has 0 saturated heterocycles. The van der Waals surface area contributed by atoms with Crippen LogP contribution in [0.1, 0.15) is 25.3 Å². The number of hydrogen-bond donors (Lipinski definition) is 2. The Morgan fingerprint density at radius 1 is 1.44 bits per heavy atom. The molecule has 1 rings (SSSR count). The zero-order valence-corrected chi connectivity index (χ0v) is 10.7. The topological polar surface area (TPSA) is 79.3 Å². The van der Waals surface area contributed by atoms with Crippen LogP contribution in [-0.2, 0) is 6.42 Å². The average molecular weight is 248 g/mol. The Morgan fingerprint density at radius 2 is 2.17 bits per heavy atom. The van der Waals surface area contributed by atoms with Crippen LogP contribution < -0.4 is 10.5 Å². The van der Waals surface area contributed by atoms with Crippen molar-refractivity contribution in [2.24, 2.45) is 5.73 Å². The third-order valence-electron chi connectivity index (χ3n) is 2.71. The molecule has 0 spiro atoms. The lowest BCUT2D eigenvalue weighted by molar-refractivity contribution is 0.280. The molecule has 4 heteroatoms. The quantitative estimate of drug-likeness (QED) is 0.719. The van der Waals surface area contributed by atoms with E-state index in [4.69, 9.17) is 20.8 Å². The number of rotatable bonds is 7. The molecule has 0 aliphatic heterocycles. The summed E-state index contributed by atoms with van der Waals surface area (Å²) in [7, 11) is 0. The van der Waals surface area contributed by atoms with Crippen molar-refractivity contribution in [1.82, 2.24) is 0 Å². The van der Waals surface area contributed by atoms with Gasteiger partial charge in [0.1, 0.15) is 11.3 Å². The minimum atomic E-state index is -0.784. The molecule has 0 aromatic heterocycles. The maximum atomic E-state index is 8.95. The summed E-state index contributed by atoms with van der Waals surface area (Å²) in [6.45, 7) is 2.35. The molecule has 0 amide bonds. The van der Waals surface area contributed by atoms with Gasteiger partial charge in [-0.1, -0.05) is 18.2 Å². The van der Waals surface area contributed by atoms with E-state index < -0.39 is 5.54 Å². The van der Waals surface area contributed by atoms with Crippen LogP contribution in [0.2, 0.25) is 0 Å². The number of aliphatic hydroxyl groups excluding tert-OH is 1. The third-order valence-corrected chi connectivity index (χ3v) is 2.71. The first-order chi connectivity index (χ1) is 8.59. The monoisotopic (exact) mass is 248 g/mol. The fourth-order valence-electron chi connectivity index (χ4n) is 1.65. The van der Waals surface area contributed by atoms with Gasteiger partial charge in [-0.05, 0) is 37.8 Å². The van der Waals surface area contributed by atoms with E-state index in [1.165, 1.54) is 0 Å². The summed E-state index contributed by atoms with van der Waals surface area (Å²) >= 11 is 0. The smallest absolute Gasteiger partial charge is 0.122 e. The first-order valence-electron chi connectivity index (χ1n) is 6.11. The minimum absolute atomic E-state index is 0.107. The van der Waals surface area contributed by atoms with Crippen LogP contribution in [0.4, 0.5) is 0 Å². The predicted molar refractivity (Wildman–Crippen MR) is 70.2 cm³/mol. The molecule has 0 saturated carbocycles. The Kier molecular flexibility index (Phi) is 5.63. The Hall–Kier alpha value is -1.57. The standard InChI is InChI=1S/C14H20N2O2/c1-14(16,11-15)8-4-10-18-13-6-3-2-5-12(13)7-9-17/h2-3,5-6,17H,4,7-10,16H2,1H3. The van der Waals surface area contributed by atoms with E-state index in [0.29, 0.717) is 19.4 Å². The van der Waals surface area contributed by atoms with Gasteiger partial charge in [0.25, 0.3) is 0 Å². The third kappa shape index (κ3) is 4.74. The van der Waals surface area contributed by atoms with Crippen molar-refractivity contribution in [3.05, 3.63) is 29.8 Å². The molecule has 0 aliphatic carbocycles. The van der Waals surface area contributed by atoms with Gasteiger partial charge in [0, 0.05) is 6.61 Å². The zero-order chi connectivity index (χ0) is 13.4. The number of nitrogens with two attached hydrogens (primary N) is 1. The molecule has 0 bridgehead atoms. The lowest BCUT2D eigenvalue weighted by atomic mass is 10.00. The highest BCUT2D eigenvalue weighted by Crippen LogP contribution is 2.19. The van der Waals surface area contributed by atoms with Crippen LogP contribution in [0, 0.1) is 11.3 Å². The van der Waals surface area contributed by atoms with Crippen LogP contribution >= 0.6 is 0 Å². The van der Waals surface area contributed by atoms with Gasteiger partial charge >= 0.3 is 0 Å². The summed E-state index contributed by atoms with van der Waals surface area (Å²) in [5, 5.41) is 17.7. The average Bonchev–Trinajstić information content (AvgIpc) is 2.37. The molecule has 1 aromatic carbocycles. The van der Waals surface area contributed by atoms with Gasteiger partial charge in [0.05, 0.1) is 12.7 Å². The maximum Gasteiger partial charge on any atom is 0.122 e. The summed E-state index contributed by atoms with van der Waals surface area (Å²) in [6, 6.07) is 9.71. The van der Waals surface area contributed by atoms with Gasteiger partial charge in [0.15, 0.2) is 0 Å². The predicted octanol–water partition coefficient (Wildman–Crippen LogP) is 1.62. The van der Waals surface area contributed by atoms with E-state index in [-0.39, 0.29) is 6.61 Å². The Labute approximate surface area is 108 Å². The summed E-state index contributed by atoms with van der Waals surface area (Å²) in [6.07, 6.45) is 1.92. The number of benzene rings is 1. The molecule has 1 unspecified atom stereocenters. The lowest BCUT2D eigenvalue weighted by Gasteiger charge is -2.15. The summed E-state index contributed by atoms with van der Waals surface area (Å²) in [4.78, 5) is 0. The van der Waals surface area contributed by atoms with Crippen molar-refractivity contribution in [2.75, 3.05) is 13.2 Å². The van der Waals surface area contributed by atoms with Gasteiger partial charge in [-0.25, -0.2) is 0 Å². The van der Waals surface area contributed by atoms with Gasteiger partial charge in [-0.15, -0.1) is 0 Å². The summed E-state index contributed by atoms with van der Waals surface area (Å²) in [5.41, 5.74) is 5.94. The SMILES string of the molecule is CC(N)(C#N)CCCOc1ccccc1CCO. The van der Waals surface area contributed by atoms with E-state index in [9.17, 15) is 0 Å². The van der Waals surface area contributed by atoms with Crippen molar-refractivity contribution >= 4 is 0 Å². The maximum absolute atomic E-state index is 8.95. The highest BCUT2D eigenvalue weighted by atomic mass is 16.5. The summed E-state index contributed by atoms with van der Waals surface area (Å²) in [5.74, 6) is 0.794. The van der Waals surface area contributed by atoms with E-state index in [2.05, 4.69) is 6.07 Å². The van der Waals surface area contributed by atoms with Crippen molar-refractivity contribution < 1.29 is 9.84 Å². The first kappa shape index (κ1) is 14.5. The summed E-state index contributed by atoms with van der Waals surface area (Å²) < 4.78 is 5.65. The fourth-order valence-corrected chi connectivity index (χ4v) is 1.65. The molecule has 18 heavy (non-hydrogen) atoms. The van der Waals surface area contributed by atoms with Crippen LogP contribution in [0.25, 0.3) is 0 Å². The van der Waals surface area contributed by atoms with E-state index in [1.807, 2.05) is 24.3 Å². The molecule has 0 radical (unpaired) electrons. The molecule has 98 valence electrons. The van der Waals surface area contributed by atoms with Crippen molar-refractivity contribution in [2.45, 2.75) is 31.7 Å². The van der Waals surface area contributed by atoms with Gasteiger partial charge < -0.3 is 15.6 Å². The molecule has 0 heterocycles. The Balaban J connectivity index is 2.42. The van der Waals surface area contributed by atoms with Crippen LogP contribution in [-0.4, -0.2) is 23.9 Å². The van der Waals surface area contributed by atoms with Crippen molar-refractivity contribution in [3.8, 4) is 11.8 Å². The molecule has 0 aliphatic rings. The number of nitriles is 1. The molecule has 3 N–H and O–H groups in total. The Bertz CT molecular complexity index is 411. The number of para-hydroxylation sites is 1. The van der Waals surface area contributed by atoms with Gasteiger partial charge in [-0.3, -0.25) is 0 Å². The molecular weight excluding hydrogens is 228 g/mol. The minimum Gasteiger partial charge on any atom is -0.493 e. The van der Waals surface area contributed by atoms with E-state index in [0.717, 1.165) is 17.7 Å². The lowest BCUT2D eigenvalue weighted by Crippen LogP contribution is -2.34. The van der Waals surface area contributed by atoms with E-state index in [1.54, 1.807) is 6.92 Å². The van der Waals surface area contributed by atoms with Crippen LogP contribution in [0.15, 0.2) is 24.3 Å². The Morgan fingerprint density at radius 3 is 2.83 bits per heavy atom. The molecule has 0 fully saturated rings. The van der Waals surface area contributed by atoms with Crippen LogP contribution in [0.3, 0.4) is 0 Å². The number of nitrogens with zero attached hydrogens (tertiary/aromatic N) is 1. The normalized spacial score (nSPS) is 13.7. The second-order valence-electron chi connectivity index (χ2n) is 4.56. The number of ether oxygens (including phenoxy) is 1. The second-order valence-corrected chi connectivity index (χ2v) is 4.56.